The van der Waals surface area contributed by atoms with Gasteiger partial charge in [-0.1, -0.05) is 20.8 Å². The van der Waals surface area contributed by atoms with Crippen molar-refractivity contribution >= 4 is 11.3 Å². The largest absolute Gasteiger partial charge is 0.393 e. The van der Waals surface area contributed by atoms with Gasteiger partial charge in [-0.25, -0.2) is 0 Å². The molecule has 1 rings (SSSR count). The summed E-state index contributed by atoms with van der Waals surface area (Å²) in [4.78, 5) is 2.80. The molecule has 0 spiro atoms. The number of rotatable bonds is 5. The van der Waals surface area contributed by atoms with E-state index in [0.717, 1.165) is 13.0 Å². The molecule has 1 heterocycles. The van der Waals surface area contributed by atoms with Crippen molar-refractivity contribution in [2.45, 2.75) is 65.1 Å². The van der Waals surface area contributed by atoms with E-state index in [0.29, 0.717) is 6.04 Å². The number of aliphatic hydroxyl groups is 1. The van der Waals surface area contributed by atoms with E-state index in [-0.39, 0.29) is 11.5 Å². The minimum atomic E-state index is -0.231. The van der Waals surface area contributed by atoms with Gasteiger partial charge in [0.25, 0.3) is 0 Å². The van der Waals surface area contributed by atoms with Crippen LogP contribution in [-0.4, -0.2) is 17.3 Å². The molecule has 2 unspecified atom stereocenters. The minimum Gasteiger partial charge on any atom is -0.393 e. The SMILES string of the molecule is CC(O)CC(C)NCc1ccc(C(C)(C)C)s1. The molecular formula is C14H25NOS. The highest BCUT2D eigenvalue weighted by Gasteiger charge is 2.16. The Bertz CT molecular complexity index is 338. The molecule has 98 valence electrons. The molecule has 0 fully saturated rings. The molecule has 17 heavy (non-hydrogen) atoms. The fourth-order valence-electron chi connectivity index (χ4n) is 1.75. The van der Waals surface area contributed by atoms with Gasteiger partial charge < -0.3 is 10.4 Å². The Morgan fingerprint density at radius 2 is 1.94 bits per heavy atom. The molecule has 2 atom stereocenters. The summed E-state index contributed by atoms with van der Waals surface area (Å²) >= 11 is 1.88. The molecule has 0 aromatic carbocycles. The van der Waals surface area contributed by atoms with Crippen LogP contribution in [-0.2, 0) is 12.0 Å². The fraction of sp³-hybridized carbons (Fsp3) is 0.714. The smallest absolute Gasteiger partial charge is 0.0526 e. The molecular weight excluding hydrogens is 230 g/mol. The van der Waals surface area contributed by atoms with Crippen LogP contribution in [0.2, 0.25) is 0 Å². The Morgan fingerprint density at radius 1 is 1.29 bits per heavy atom. The summed E-state index contributed by atoms with van der Waals surface area (Å²) in [6.07, 6.45) is 0.572. The minimum absolute atomic E-state index is 0.231. The van der Waals surface area contributed by atoms with Gasteiger partial charge in [-0.3, -0.25) is 0 Å². The normalized spacial score (nSPS) is 15.9. The van der Waals surface area contributed by atoms with E-state index in [1.54, 1.807) is 0 Å². The lowest BCUT2D eigenvalue weighted by Gasteiger charge is -2.16. The van der Waals surface area contributed by atoms with Gasteiger partial charge >= 0.3 is 0 Å². The summed E-state index contributed by atoms with van der Waals surface area (Å²) in [5.41, 5.74) is 0.244. The van der Waals surface area contributed by atoms with Crippen molar-refractivity contribution in [3.63, 3.8) is 0 Å². The van der Waals surface area contributed by atoms with Crippen molar-refractivity contribution < 1.29 is 5.11 Å². The highest BCUT2D eigenvalue weighted by molar-refractivity contribution is 7.12. The van der Waals surface area contributed by atoms with Crippen LogP contribution in [0.5, 0.6) is 0 Å². The zero-order valence-electron chi connectivity index (χ0n) is 11.6. The Labute approximate surface area is 109 Å². The Kier molecular flexibility index (Phi) is 5.17. The standard InChI is InChI=1S/C14H25NOS/c1-10(8-11(2)16)15-9-12-6-7-13(17-12)14(3,4)5/h6-7,10-11,15-16H,8-9H2,1-5H3. The summed E-state index contributed by atoms with van der Waals surface area (Å²) < 4.78 is 0. The summed E-state index contributed by atoms with van der Waals surface area (Å²) in [5.74, 6) is 0. The molecule has 0 amide bonds. The lowest BCUT2D eigenvalue weighted by molar-refractivity contribution is 0.170. The number of hydrogen-bond donors (Lipinski definition) is 2. The average molecular weight is 255 g/mol. The number of thiophene rings is 1. The molecule has 2 N–H and O–H groups in total. The van der Waals surface area contributed by atoms with Crippen molar-refractivity contribution in [1.82, 2.24) is 5.32 Å². The van der Waals surface area contributed by atoms with Gasteiger partial charge in [0.1, 0.15) is 0 Å². The zero-order chi connectivity index (χ0) is 13.1. The van der Waals surface area contributed by atoms with Crippen LogP contribution in [0, 0.1) is 0 Å². The third-order valence-electron chi connectivity index (χ3n) is 2.72. The summed E-state index contributed by atoms with van der Waals surface area (Å²) in [5, 5.41) is 12.7. The van der Waals surface area contributed by atoms with Crippen LogP contribution < -0.4 is 5.32 Å². The third kappa shape index (κ3) is 5.19. The summed E-state index contributed by atoms with van der Waals surface area (Å²) in [7, 11) is 0. The van der Waals surface area contributed by atoms with Crippen molar-refractivity contribution in [1.29, 1.82) is 0 Å². The van der Waals surface area contributed by atoms with E-state index in [2.05, 4.69) is 45.1 Å². The van der Waals surface area contributed by atoms with Gasteiger partial charge in [0.15, 0.2) is 0 Å². The molecule has 0 saturated heterocycles. The maximum absolute atomic E-state index is 9.29. The highest BCUT2D eigenvalue weighted by atomic mass is 32.1. The van der Waals surface area contributed by atoms with Crippen molar-refractivity contribution in [3.05, 3.63) is 21.9 Å². The fourth-order valence-corrected chi connectivity index (χ4v) is 2.76. The van der Waals surface area contributed by atoms with E-state index in [1.165, 1.54) is 9.75 Å². The predicted octanol–water partition coefficient (Wildman–Crippen LogP) is 3.29. The Morgan fingerprint density at radius 3 is 2.41 bits per heavy atom. The Balaban J connectivity index is 2.45. The first-order valence-corrected chi connectivity index (χ1v) is 7.11. The van der Waals surface area contributed by atoms with Crippen LogP contribution >= 0.6 is 11.3 Å². The van der Waals surface area contributed by atoms with Crippen molar-refractivity contribution in [3.8, 4) is 0 Å². The van der Waals surface area contributed by atoms with Crippen molar-refractivity contribution in [2.24, 2.45) is 0 Å². The summed E-state index contributed by atoms with van der Waals surface area (Å²) in [6, 6.07) is 4.78. The summed E-state index contributed by atoms with van der Waals surface area (Å²) in [6.45, 7) is 11.6. The first-order chi connectivity index (χ1) is 7.79. The molecule has 1 aromatic heterocycles. The van der Waals surface area contributed by atoms with Gasteiger partial charge in [-0.05, 0) is 37.8 Å². The van der Waals surface area contributed by atoms with Crippen LogP contribution in [0.1, 0.15) is 50.8 Å². The van der Waals surface area contributed by atoms with Crippen LogP contribution in [0.15, 0.2) is 12.1 Å². The second-order valence-electron chi connectivity index (χ2n) is 5.88. The molecule has 3 heteroatoms. The first-order valence-electron chi connectivity index (χ1n) is 6.29. The maximum Gasteiger partial charge on any atom is 0.0526 e. The zero-order valence-corrected chi connectivity index (χ0v) is 12.4. The van der Waals surface area contributed by atoms with Gasteiger partial charge in [0, 0.05) is 22.3 Å². The number of aliphatic hydroxyl groups excluding tert-OH is 1. The van der Waals surface area contributed by atoms with E-state index in [4.69, 9.17) is 0 Å². The predicted molar refractivity (Wildman–Crippen MR) is 75.6 cm³/mol. The van der Waals surface area contributed by atoms with Gasteiger partial charge in [0.2, 0.25) is 0 Å². The molecule has 0 saturated carbocycles. The molecule has 2 nitrogen and oxygen atoms in total. The lowest BCUT2D eigenvalue weighted by Crippen LogP contribution is -2.28. The molecule has 1 aromatic rings. The van der Waals surface area contributed by atoms with E-state index in [1.807, 2.05) is 18.3 Å². The molecule has 0 aliphatic heterocycles. The number of nitrogens with one attached hydrogen (secondary N) is 1. The van der Waals surface area contributed by atoms with Crippen molar-refractivity contribution in [2.75, 3.05) is 0 Å². The monoisotopic (exact) mass is 255 g/mol. The van der Waals surface area contributed by atoms with Crippen LogP contribution in [0.25, 0.3) is 0 Å². The van der Waals surface area contributed by atoms with Crippen LogP contribution in [0.4, 0.5) is 0 Å². The van der Waals surface area contributed by atoms with E-state index < -0.39 is 0 Å². The highest BCUT2D eigenvalue weighted by Crippen LogP contribution is 2.29. The second-order valence-corrected chi connectivity index (χ2v) is 7.05. The maximum atomic E-state index is 9.29. The molecule has 0 aliphatic carbocycles. The molecule has 0 bridgehead atoms. The average Bonchev–Trinajstić information content (AvgIpc) is 2.61. The second kappa shape index (κ2) is 5.98. The lowest BCUT2D eigenvalue weighted by atomic mass is 9.95. The topological polar surface area (TPSA) is 32.3 Å². The van der Waals surface area contributed by atoms with Crippen LogP contribution in [0.3, 0.4) is 0 Å². The van der Waals surface area contributed by atoms with Gasteiger partial charge in [0.05, 0.1) is 6.10 Å². The van der Waals surface area contributed by atoms with Gasteiger partial charge in [-0.15, -0.1) is 11.3 Å². The van der Waals surface area contributed by atoms with Gasteiger partial charge in [-0.2, -0.15) is 0 Å². The number of hydrogen-bond acceptors (Lipinski definition) is 3. The molecule has 0 aliphatic rings. The van der Waals surface area contributed by atoms with E-state index in [9.17, 15) is 5.11 Å². The molecule has 0 radical (unpaired) electrons. The first kappa shape index (κ1) is 14.7. The Hall–Kier alpha value is -0.380. The van der Waals surface area contributed by atoms with E-state index >= 15 is 0 Å². The quantitative estimate of drug-likeness (QED) is 0.846. The third-order valence-corrected chi connectivity index (χ3v) is 4.23.